The first-order valence-electron chi connectivity index (χ1n) is 12.3. The number of aryl methyl sites for hydroxylation is 1. The predicted octanol–water partition coefficient (Wildman–Crippen LogP) is 4.00. The molecule has 1 heterocycles. The smallest absolute Gasteiger partial charge is 0.387 e. The number of carbonyl (C=O) groups is 1. The Bertz CT molecular complexity index is 1450. The molecule has 0 aromatic heterocycles. The molecular formula is C26H26F7N3O5S. The molecule has 3 N–H and O–H groups in total. The minimum Gasteiger partial charge on any atom is -0.387 e. The fourth-order valence-corrected chi connectivity index (χ4v) is 6.13. The summed E-state index contributed by atoms with van der Waals surface area (Å²) in [6, 6.07) is 6.47. The molecule has 42 heavy (non-hydrogen) atoms. The van der Waals surface area contributed by atoms with Gasteiger partial charge in [0.15, 0.2) is 0 Å². The van der Waals surface area contributed by atoms with Crippen LogP contribution >= 0.6 is 0 Å². The highest BCUT2D eigenvalue weighted by Gasteiger charge is 2.71. The van der Waals surface area contributed by atoms with Gasteiger partial charge in [-0.05, 0) is 62.6 Å². The van der Waals surface area contributed by atoms with Crippen LogP contribution in [0, 0.1) is 11.3 Å². The number of carbonyl (C=O) groups excluding carboxylic acids is 1. The highest BCUT2D eigenvalue weighted by molar-refractivity contribution is 7.92. The summed E-state index contributed by atoms with van der Waals surface area (Å²) in [5, 5.41) is 30.8. The SMILES string of the molecule is CC(C)(O)[C@H](F)CNC(=O)C[C@H]1CCc2cc(C(O)(C(F)(F)F)C(F)(F)F)ccc2N1S(=O)(=O)c1ccc(C#N)cc1. The van der Waals surface area contributed by atoms with Crippen LogP contribution in [0.3, 0.4) is 0 Å². The number of nitriles is 1. The summed E-state index contributed by atoms with van der Waals surface area (Å²) in [4.78, 5) is 12.3. The fourth-order valence-electron chi connectivity index (χ4n) is 4.41. The summed E-state index contributed by atoms with van der Waals surface area (Å²) >= 11 is 0. The number of sulfonamides is 1. The first-order chi connectivity index (χ1) is 19.1. The highest BCUT2D eigenvalue weighted by atomic mass is 32.2. The van der Waals surface area contributed by atoms with Crippen molar-refractivity contribution >= 4 is 21.6 Å². The number of nitrogens with one attached hydrogen (secondary N) is 1. The van der Waals surface area contributed by atoms with Crippen LogP contribution in [-0.4, -0.2) is 61.2 Å². The van der Waals surface area contributed by atoms with Crippen molar-refractivity contribution in [3.05, 3.63) is 59.2 Å². The van der Waals surface area contributed by atoms with E-state index in [0.29, 0.717) is 22.5 Å². The number of benzene rings is 2. The zero-order valence-corrected chi connectivity index (χ0v) is 22.9. The summed E-state index contributed by atoms with van der Waals surface area (Å²) in [5.74, 6) is -0.837. The van der Waals surface area contributed by atoms with Crippen molar-refractivity contribution in [2.75, 3.05) is 10.8 Å². The van der Waals surface area contributed by atoms with E-state index in [4.69, 9.17) is 5.26 Å². The number of hydrogen-bond donors (Lipinski definition) is 3. The van der Waals surface area contributed by atoms with Gasteiger partial charge < -0.3 is 15.5 Å². The number of aliphatic hydroxyl groups is 2. The molecule has 0 saturated carbocycles. The van der Waals surface area contributed by atoms with E-state index < -0.39 is 75.1 Å². The van der Waals surface area contributed by atoms with Gasteiger partial charge in [-0.25, -0.2) is 12.8 Å². The van der Waals surface area contributed by atoms with Crippen molar-refractivity contribution in [1.29, 1.82) is 5.26 Å². The standard InChI is InChI=1S/C26H26F7N3O5S/c1-23(2,38)21(27)14-35-22(37)12-18-7-5-16-11-17(24(39,25(28,29)30)26(31,32)33)6-10-20(16)36(18)42(40,41)19-8-3-15(13-34)4-9-19/h3-4,6,8-11,18,21,38-39H,5,7,12,14H2,1-2H3,(H,35,37)/t18-,21-/m1/s1. The Balaban J connectivity index is 2.09. The predicted molar refractivity (Wildman–Crippen MR) is 134 cm³/mol. The second-order valence-corrected chi connectivity index (χ2v) is 12.1. The molecule has 0 aliphatic carbocycles. The first-order valence-corrected chi connectivity index (χ1v) is 13.8. The molecule has 0 fully saturated rings. The summed E-state index contributed by atoms with van der Waals surface area (Å²) in [5.41, 5.74) is -9.13. The maximum absolute atomic E-state index is 14.1. The Morgan fingerprint density at radius 3 is 2.14 bits per heavy atom. The van der Waals surface area contributed by atoms with Crippen molar-refractivity contribution in [3.63, 3.8) is 0 Å². The second kappa shape index (κ2) is 11.3. The Morgan fingerprint density at radius 2 is 1.64 bits per heavy atom. The van der Waals surface area contributed by atoms with E-state index >= 15 is 0 Å². The van der Waals surface area contributed by atoms with Crippen molar-refractivity contribution in [1.82, 2.24) is 5.32 Å². The lowest BCUT2D eigenvalue weighted by molar-refractivity contribution is -0.376. The lowest BCUT2D eigenvalue weighted by atomic mass is 9.87. The molecule has 0 unspecified atom stereocenters. The van der Waals surface area contributed by atoms with E-state index in [1.54, 1.807) is 6.07 Å². The highest BCUT2D eigenvalue weighted by Crippen LogP contribution is 2.51. The van der Waals surface area contributed by atoms with E-state index in [0.717, 1.165) is 12.1 Å². The van der Waals surface area contributed by atoms with Gasteiger partial charge in [0, 0.05) is 12.0 Å². The molecule has 0 saturated heterocycles. The molecule has 230 valence electrons. The van der Waals surface area contributed by atoms with Crippen LogP contribution in [0.25, 0.3) is 0 Å². The molecule has 1 aliphatic heterocycles. The van der Waals surface area contributed by atoms with Crippen LogP contribution in [0.4, 0.5) is 36.4 Å². The number of rotatable bonds is 8. The molecule has 16 heteroatoms. The topological polar surface area (TPSA) is 131 Å². The van der Waals surface area contributed by atoms with Crippen molar-refractivity contribution in [2.45, 2.75) is 73.8 Å². The summed E-state index contributed by atoms with van der Waals surface area (Å²) in [6.45, 7) is 1.71. The summed E-state index contributed by atoms with van der Waals surface area (Å²) in [7, 11) is -4.63. The van der Waals surface area contributed by atoms with E-state index in [9.17, 15) is 54.2 Å². The van der Waals surface area contributed by atoms with E-state index in [2.05, 4.69) is 5.32 Å². The van der Waals surface area contributed by atoms with Gasteiger partial charge in [-0.1, -0.05) is 12.1 Å². The molecule has 2 aromatic carbocycles. The number of alkyl halides is 7. The minimum atomic E-state index is -6.17. The largest absolute Gasteiger partial charge is 0.430 e. The first kappa shape index (κ1) is 33.1. The van der Waals surface area contributed by atoms with Crippen LogP contribution in [0.5, 0.6) is 0 Å². The van der Waals surface area contributed by atoms with Gasteiger partial charge in [0.2, 0.25) is 5.91 Å². The van der Waals surface area contributed by atoms with Gasteiger partial charge in [0.05, 0.1) is 40.4 Å². The van der Waals surface area contributed by atoms with E-state index in [1.807, 2.05) is 0 Å². The van der Waals surface area contributed by atoms with Crippen molar-refractivity contribution in [3.8, 4) is 6.07 Å². The molecule has 0 bridgehead atoms. The Morgan fingerprint density at radius 1 is 1.07 bits per heavy atom. The van der Waals surface area contributed by atoms with E-state index in [1.165, 1.54) is 26.0 Å². The second-order valence-electron chi connectivity index (χ2n) is 10.3. The summed E-state index contributed by atoms with van der Waals surface area (Å²) < 4.78 is 123. The molecular weight excluding hydrogens is 599 g/mol. The molecule has 3 rings (SSSR count). The third-order valence-corrected chi connectivity index (χ3v) is 8.72. The van der Waals surface area contributed by atoms with Crippen LogP contribution in [0.1, 0.15) is 43.4 Å². The maximum Gasteiger partial charge on any atom is 0.430 e. The van der Waals surface area contributed by atoms with Crippen molar-refractivity contribution in [2.24, 2.45) is 0 Å². The summed E-state index contributed by atoms with van der Waals surface area (Å²) in [6.07, 6.45) is -15.3. The lowest BCUT2D eigenvalue weighted by Gasteiger charge is -2.39. The molecule has 0 radical (unpaired) electrons. The van der Waals surface area contributed by atoms with E-state index in [-0.39, 0.29) is 29.7 Å². The number of anilines is 1. The molecule has 2 atom stereocenters. The quantitative estimate of drug-likeness (QED) is 0.381. The number of amides is 1. The minimum absolute atomic E-state index is 0.0970. The molecule has 0 spiro atoms. The third-order valence-electron chi connectivity index (χ3n) is 6.84. The monoisotopic (exact) mass is 625 g/mol. The number of nitrogens with zero attached hydrogens (tertiary/aromatic N) is 2. The molecule has 1 amide bonds. The normalized spacial score (nSPS) is 17.3. The Labute approximate surface area is 236 Å². The van der Waals surface area contributed by atoms with Gasteiger partial charge in [0.25, 0.3) is 15.6 Å². The maximum atomic E-state index is 14.1. The number of hydrogen-bond acceptors (Lipinski definition) is 6. The van der Waals surface area contributed by atoms with Crippen LogP contribution in [0.15, 0.2) is 47.4 Å². The third kappa shape index (κ3) is 6.32. The van der Waals surface area contributed by atoms with Gasteiger partial charge in [0.1, 0.15) is 6.17 Å². The average Bonchev–Trinajstić information content (AvgIpc) is 2.88. The zero-order chi connectivity index (χ0) is 31.9. The molecule has 8 nitrogen and oxygen atoms in total. The Hall–Kier alpha value is -3.42. The number of fused-ring (bicyclic) bond motifs is 1. The van der Waals surface area contributed by atoms with Crippen LogP contribution in [0.2, 0.25) is 0 Å². The van der Waals surface area contributed by atoms with Gasteiger partial charge in [-0.2, -0.15) is 31.6 Å². The molecule has 2 aromatic rings. The van der Waals surface area contributed by atoms with Crippen molar-refractivity contribution < 1.29 is 54.2 Å². The lowest BCUT2D eigenvalue weighted by Crippen LogP contribution is -2.54. The Kier molecular flexibility index (Phi) is 8.94. The van der Waals surface area contributed by atoms with Crippen LogP contribution in [-0.2, 0) is 26.8 Å². The average molecular weight is 626 g/mol. The molecule has 1 aliphatic rings. The fraction of sp³-hybridized carbons (Fsp3) is 0.462. The van der Waals surface area contributed by atoms with Gasteiger partial charge in [-0.15, -0.1) is 0 Å². The van der Waals surface area contributed by atoms with Gasteiger partial charge >= 0.3 is 12.4 Å². The van der Waals surface area contributed by atoms with Gasteiger partial charge in [-0.3, -0.25) is 9.10 Å². The number of halogens is 7. The van der Waals surface area contributed by atoms with Crippen LogP contribution < -0.4 is 9.62 Å². The zero-order valence-electron chi connectivity index (χ0n) is 22.1.